The lowest BCUT2D eigenvalue weighted by Gasteiger charge is -1.95. The maximum absolute atomic E-state index is 10.6. The molecular formula is C13H10N2O2. The van der Waals surface area contributed by atoms with Gasteiger partial charge in [0, 0.05) is 0 Å². The fourth-order valence-electron chi connectivity index (χ4n) is 1.28. The molecule has 0 saturated heterocycles. The van der Waals surface area contributed by atoms with E-state index in [0.717, 1.165) is 5.69 Å². The van der Waals surface area contributed by atoms with Gasteiger partial charge in [-0.25, -0.2) is 4.79 Å². The van der Waals surface area contributed by atoms with E-state index >= 15 is 0 Å². The molecule has 17 heavy (non-hydrogen) atoms. The first-order valence-corrected chi connectivity index (χ1v) is 5.06. The highest BCUT2D eigenvalue weighted by molar-refractivity contribution is 5.87. The van der Waals surface area contributed by atoms with Gasteiger partial charge in [0.25, 0.3) is 0 Å². The highest BCUT2D eigenvalue weighted by Gasteiger charge is 2.00. The van der Waals surface area contributed by atoms with Gasteiger partial charge in [-0.05, 0) is 36.4 Å². The molecule has 1 N–H and O–H groups in total. The monoisotopic (exact) mass is 226 g/mol. The number of hydrogen-bond donors (Lipinski definition) is 1. The lowest BCUT2D eigenvalue weighted by atomic mass is 10.2. The van der Waals surface area contributed by atoms with Crippen molar-refractivity contribution in [3.05, 3.63) is 60.2 Å². The highest BCUT2D eigenvalue weighted by atomic mass is 16.4. The second kappa shape index (κ2) is 5.03. The van der Waals surface area contributed by atoms with E-state index in [1.54, 1.807) is 12.1 Å². The standard InChI is InChI=1S/C13H10N2O2/c16-13(17)10-6-8-12(9-7-10)15-14-11-4-2-1-3-5-11/h1-9H,(H,16,17)/b15-14-. The molecule has 0 unspecified atom stereocenters. The summed E-state index contributed by atoms with van der Waals surface area (Å²) in [5, 5.41) is 16.8. The van der Waals surface area contributed by atoms with Crippen LogP contribution in [0.1, 0.15) is 10.4 Å². The van der Waals surface area contributed by atoms with Crippen molar-refractivity contribution in [3.63, 3.8) is 0 Å². The average Bonchev–Trinajstić information content (AvgIpc) is 2.38. The topological polar surface area (TPSA) is 62.0 Å². The SMILES string of the molecule is O=C(O)c1ccc(/N=N\c2ccccc2)cc1. The molecular weight excluding hydrogens is 216 g/mol. The van der Waals surface area contributed by atoms with Gasteiger partial charge in [0.2, 0.25) is 0 Å². The zero-order valence-corrected chi connectivity index (χ0v) is 8.95. The van der Waals surface area contributed by atoms with Gasteiger partial charge in [0.15, 0.2) is 0 Å². The molecule has 2 rings (SSSR count). The normalized spacial score (nSPS) is 10.6. The van der Waals surface area contributed by atoms with Crippen LogP contribution in [0.3, 0.4) is 0 Å². The van der Waals surface area contributed by atoms with Gasteiger partial charge in [-0.3, -0.25) is 0 Å². The third kappa shape index (κ3) is 2.98. The first-order valence-electron chi connectivity index (χ1n) is 5.06. The second-order valence-corrected chi connectivity index (χ2v) is 3.39. The van der Waals surface area contributed by atoms with Crippen molar-refractivity contribution in [2.45, 2.75) is 0 Å². The summed E-state index contributed by atoms with van der Waals surface area (Å²) in [7, 11) is 0. The molecule has 0 aliphatic heterocycles. The van der Waals surface area contributed by atoms with Crippen molar-refractivity contribution in [2.24, 2.45) is 10.2 Å². The molecule has 0 bridgehead atoms. The predicted molar refractivity (Wildman–Crippen MR) is 64.0 cm³/mol. The van der Waals surface area contributed by atoms with E-state index in [1.165, 1.54) is 12.1 Å². The van der Waals surface area contributed by atoms with Gasteiger partial charge in [-0.15, -0.1) is 0 Å². The summed E-state index contributed by atoms with van der Waals surface area (Å²) in [6, 6.07) is 15.6. The number of carboxylic acids is 1. The summed E-state index contributed by atoms with van der Waals surface area (Å²) in [5.41, 5.74) is 1.62. The van der Waals surface area contributed by atoms with Crippen LogP contribution < -0.4 is 0 Å². The van der Waals surface area contributed by atoms with Gasteiger partial charge in [0.1, 0.15) is 0 Å². The molecule has 0 aliphatic carbocycles. The van der Waals surface area contributed by atoms with Crippen molar-refractivity contribution < 1.29 is 9.90 Å². The Morgan fingerprint density at radius 1 is 0.824 bits per heavy atom. The van der Waals surface area contributed by atoms with E-state index in [-0.39, 0.29) is 5.56 Å². The van der Waals surface area contributed by atoms with Gasteiger partial charge in [-0.2, -0.15) is 10.2 Å². The van der Waals surface area contributed by atoms with E-state index in [9.17, 15) is 4.79 Å². The Morgan fingerprint density at radius 3 is 1.88 bits per heavy atom. The molecule has 84 valence electrons. The Bertz CT molecular complexity index is 533. The third-order valence-corrected chi connectivity index (χ3v) is 2.15. The molecule has 0 amide bonds. The number of rotatable bonds is 3. The van der Waals surface area contributed by atoms with Crippen LogP contribution in [0.5, 0.6) is 0 Å². The molecule has 4 heteroatoms. The number of aromatic carboxylic acids is 1. The van der Waals surface area contributed by atoms with Crippen LogP contribution in [0.15, 0.2) is 64.8 Å². The molecule has 0 fully saturated rings. The van der Waals surface area contributed by atoms with Gasteiger partial charge in [0.05, 0.1) is 16.9 Å². The van der Waals surface area contributed by atoms with Crippen LogP contribution in [0, 0.1) is 0 Å². The van der Waals surface area contributed by atoms with E-state index in [0.29, 0.717) is 5.69 Å². The molecule has 0 radical (unpaired) electrons. The van der Waals surface area contributed by atoms with Crippen molar-refractivity contribution in [1.29, 1.82) is 0 Å². The van der Waals surface area contributed by atoms with E-state index in [2.05, 4.69) is 10.2 Å². The smallest absolute Gasteiger partial charge is 0.335 e. The number of carboxylic acid groups (broad SMARTS) is 1. The summed E-state index contributed by atoms with van der Waals surface area (Å²) >= 11 is 0. The third-order valence-electron chi connectivity index (χ3n) is 2.15. The van der Waals surface area contributed by atoms with Gasteiger partial charge >= 0.3 is 5.97 Å². The Morgan fingerprint density at radius 2 is 1.35 bits per heavy atom. The Balaban J connectivity index is 2.14. The van der Waals surface area contributed by atoms with Crippen LogP contribution in [-0.2, 0) is 0 Å². The summed E-state index contributed by atoms with van der Waals surface area (Å²) in [6.45, 7) is 0. The quantitative estimate of drug-likeness (QED) is 0.809. The highest BCUT2D eigenvalue weighted by Crippen LogP contribution is 2.18. The van der Waals surface area contributed by atoms with Crippen LogP contribution in [0.4, 0.5) is 11.4 Å². The summed E-state index contributed by atoms with van der Waals surface area (Å²) in [6.07, 6.45) is 0. The second-order valence-electron chi connectivity index (χ2n) is 3.39. The predicted octanol–water partition coefficient (Wildman–Crippen LogP) is 3.80. The fourth-order valence-corrected chi connectivity index (χ4v) is 1.28. The molecule has 0 aliphatic rings. The van der Waals surface area contributed by atoms with Gasteiger partial charge < -0.3 is 5.11 Å². The van der Waals surface area contributed by atoms with Crippen molar-refractivity contribution in [1.82, 2.24) is 0 Å². The van der Waals surface area contributed by atoms with E-state index in [1.807, 2.05) is 30.3 Å². The first-order chi connectivity index (χ1) is 8.25. The minimum atomic E-state index is -0.948. The van der Waals surface area contributed by atoms with Crippen LogP contribution >= 0.6 is 0 Å². The number of benzene rings is 2. The van der Waals surface area contributed by atoms with Crippen LogP contribution in [0.2, 0.25) is 0 Å². The van der Waals surface area contributed by atoms with Crippen LogP contribution in [0.25, 0.3) is 0 Å². The number of azo groups is 1. The number of carbonyl (C=O) groups is 1. The average molecular weight is 226 g/mol. The molecule has 0 aromatic heterocycles. The lowest BCUT2D eigenvalue weighted by Crippen LogP contribution is -1.93. The van der Waals surface area contributed by atoms with E-state index in [4.69, 9.17) is 5.11 Å². The number of nitrogens with zero attached hydrogens (tertiary/aromatic N) is 2. The zero-order chi connectivity index (χ0) is 12.1. The Labute approximate surface area is 98.3 Å². The van der Waals surface area contributed by atoms with Gasteiger partial charge in [-0.1, -0.05) is 18.2 Å². The van der Waals surface area contributed by atoms with Crippen molar-refractivity contribution in [2.75, 3.05) is 0 Å². The molecule has 0 spiro atoms. The Kier molecular flexibility index (Phi) is 3.25. The first kappa shape index (κ1) is 11.0. The Hall–Kier alpha value is -2.49. The van der Waals surface area contributed by atoms with Crippen molar-refractivity contribution in [3.8, 4) is 0 Å². The molecule has 2 aromatic rings. The summed E-state index contributed by atoms with van der Waals surface area (Å²) in [4.78, 5) is 10.6. The van der Waals surface area contributed by atoms with Crippen LogP contribution in [-0.4, -0.2) is 11.1 Å². The number of hydrogen-bond acceptors (Lipinski definition) is 3. The fraction of sp³-hybridized carbons (Fsp3) is 0. The minimum absolute atomic E-state index is 0.240. The molecule has 0 heterocycles. The molecule has 0 atom stereocenters. The van der Waals surface area contributed by atoms with Crippen molar-refractivity contribution >= 4 is 17.3 Å². The van der Waals surface area contributed by atoms with E-state index < -0.39 is 5.97 Å². The summed E-state index contributed by atoms with van der Waals surface area (Å²) in [5.74, 6) is -0.948. The minimum Gasteiger partial charge on any atom is -0.478 e. The molecule has 4 nitrogen and oxygen atoms in total. The lowest BCUT2D eigenvalue weighted by molar-refractivity contribution is 0.0697. The molecule has 0 saturated carbocycles. The zero-order valence-electron chi connectivity index (χ0n) is 8.95. The maximum Gasteiger partial charge on any atom is 0.335 e. The summed E-state index contributed by atoms with van der Waals surface area (Å²) < 4.78 is 0. The largest absolute Gasteiger partial charge is 0.478 e. The maximum atomic E-state index is 10.6. The molecule has 2 aromatic carbocycles.